The van der Waals surface area contributed by atoms with Gasteiger partial charge in [0.2, 0.25) is 0 Å². The molecule has 2 nitrogen and oxygen atoms in total. The van der Waals surface area contributed by atoms with E-state index in [-0.39, 0.29) is 0 Å². The highest BCUT2D eigenvalue weighted by molar-refractivity contribution is 6.30. The third-order valence-electron chi connectivity index (χ3n) is 3.59. The van der Waals surface area contributed by atoms with Crippen molar-refractivity contribution in [3.8, 4) is 5.75 Å². The van der Waals surface area contributed by atoms with E-state index in [0.29, 0.717) is 12.6 Å². The van der Waals surface area contributed by atoms with Gasteiger partial charge in [-0.05, 0) is 37.6 Å². The van der Waals surface area contributed by atoms with Gasteiger partial charge in [-0.25, -0.2) is 0 Å². The molecule has 0 spiro atoms. The van der Waals surface area contributed by atoms with Gasteiger partial charge in [0.1, 0.15) is 12.4 Å². The Kier molecular flexibility index (Phi) is 10.4. The molecule has 0 radical (unpaired) electrons. The smallest absolute Gasteiger partial charge is 0.120 e. The molecule has 0 aliphatic rings. The van der Waals surface area contributed by atoms with Crippen molar-refractivity contribution in [3.05, 3.63) is 29.3 Å². The molecule has 1 N–H and O–H groups in total. The van der Waals surface area contributed by atoms with Gasteiger partial charge in [0.05, 0.1) is 0 Å². The van der Waals surface area contributed by atoms with E-state index in [9.17, 15) is 0 Å². The summed E-state index contributed by atoms with van der Waals surface area (Å²) in [5.74, 6) is 0.858. The normalized spacial score (nSPS) is 12.3. The van der Waals surface area contributed by atoms with E-state index in [2.05, 4.69) is 19.2 Å². The first-order valence-corrected chi connectivity index (χ1v) is 8.75. The highest BCUT2D eigenvalue weighted by Crippen LogP contribution is 2.17. The van der Waals surface area contributed by atoms with Crippen molar-refractivity contribution in [3.63, 3.8) is 0 Å². The minimum atomic E-state index is 0.436. The first-order valence-electron chi connectivity index (χ1n) is 8.38. The molecule has 1 aromatic carbocycles. The number of nitrogens with one attached hydrogen (secondary N) is 1. The van der Waals surface area contributed by atoms with E-state index in [4.69, 9.17) is 16.3 Å². The Morgan fingerprint density at radius 3 is 2.62 bits per heavy atom. The summed E-state index contributed by atoms with van der Waals surface area (Å²) in [6.07, 6.45) is 8.96. The summed E-state index contributed by atoms with van der Waals surface area (Å²) in [6, 6.07) is 8.07. The molecule has 1 unspecified atom stereocenters. The van der Waals surface area contributed by atoms with Crippen LogP contribution in [-0.2, 0) is 0 Å². The van der Waals surface area contributed by atoms with Crippen molar-refractivity contribution >= 4 is 11.6 Å². The van der Waals surface area contributed by atoms with Crippen LogP contribution in [0.25, 0.3) is 0 Å². The summed E-state index contributed by atoms with van der Waals surface area (Å²) in [5, 5.41) is 4.31. The lowest BCUT2D eigenvalue weighted by molar-refractivity contribution is 0.253. The van der Waals surface area contributed by atoms with Crippen LogP contribution in [0.2, 0.25) is 5.02 Å². The third kappa shape index (κ3) is 9.00. The Balaban J connectivity index is 2.31. The van der Waals surface area contributed by atoms with Crippen LogP contribution in [0.1, 0.15) is 58.8 Å². The Morgan fingerprint density at radius 2 is 1.90 bits per heavy atom. The monoisotopic (exact) mass is 311 g/mol. The van der Waals surface area contributed by atoms with E-state index >= 15 is 0 Å². The highest BCUT2D eigenvalue weighted by atomic mass is 35.5. The van der Waals surface area contributed by atoms with Gasteiger partial charge >= 0.3 is 0 Å². The number of hydrogen-bond donors (Lipinski definition) is 1. The Morgan fingerprint density at radius 1 is 1.10 bits per heavy atom. The molecule has 0 saturated carbocycles. The molecule has 0 amide bonds. The van der Waals surface area contributed by atoms with E-state index in [1.54, 1.807) is 0 Å². The molecule has 0 aliphatic heterocycles. The molecule has 120 valence electrons. The molecule has 0 aromatic heterocycles. The van der Waals surface area contributed by atoms with E-state index in [1.807, 2.05) is 24.3 Å². The first-order chi connectivity index (χ1) is 10.3. The summed E-state index contributed by atoms with van der Waals surface area (Å²) in [5.41, 5.74) is 0. The maximum absolute atomic E-state index is 5.98. The fourth-order valence-corrected chi connectivity index (χ4v) is 2.52. The molecule has 1 rings (SSSR count). The third-order valence-corrected chi connectivity index (χ3v) is 3.82. The van der Waals surface area contributed by atoms with Gasteiger partial charge in [-0.3, -0.25) is 0 Å². The van der Waals surface area contributed by atoms with Crippen LogP contribution in [-0.4, -0.2) is 19.2 Å². The Bertz CT molecular complexity index is 370. The van der Waals surface area contributed by atoms with Crippen LogP contribution in [0, 0.1) is 0 Å². The standard InChI is InChI=1S/C18H30ClNO/c1-3-5-6-7-8-11-17(20-13-4-2)15-21-18-12-9-10-16(19)14-18/h9-10,12,14,17,20H,3-8,11,13,15H2,1-2H3. The zero-order chi connectivity index (χ0) is 15.3. The Hall–Kier alpha value is -0.730. The second-order valence-electron chi connectivity index (χ2n) is 5.62. The maximum atomic E-state index is 5.98. The number of halogens is 1. The molecule has 0 bridgehead atoms. The molecule has 1 aromatic rings. The highest BCUT2D eigenvalue weighted by Gasteiger charge is 2.08. The van der Waals surface area contributed by atoms with Crippen LogP contribution in [0.5, 0.6) is 5.75 Å². The van der Waals surface area contributed by atoms with Gasteiger partial charge in [0, 0.05) is 11.1 Å². The molecular weight excluding hydrogens is 282 g/mol. The minimum Gasteiger partial charge on any atom is -0.492 e. The van der Waals surface area contributed by atoms with Crippen LogP contribution in [0.4, 0.5) is 0 Å². The zero-order valence-electron chi connectivity index (χ0n) is 13.5. The number of hydrogen-bond acceptors (Lipinski definition) is 2. The fraction of sp³-hybridized carbons (Fsp3) is 0.667. The summed E-state index contributed by atoms with van der Waals surface area (Å²) in [7, 11) is 0. The van der Waals surface area contributed by atoms with E-state index in [0.717, 1.165) is 23.7 Å². The average molecular weight is 312 g/mol. The van der Waals surface area contributed by atoms with Crippen molar-refractivity contribution in [1.29, 1.82) is 0 Å². The lowest BCUT2D eigenvalue weighted by atomic mass is 10.1. The second-order valence-corrected chi connectivity index (χ2v) is 6.06. The van der Waals surface area contributed by atoms with Gasteiger partial charge in [-0.2, -0.15) is 0 Å². The number of unbranched alkanes of at least 4 members (excludes halogenated alkanes) is 4. The largest absolute Gasteiger partial charge is 0.492 e. The van der Waals surface area contributed by atoms with Crippen molar-refractivity contribution in [2.45, 2.75) is 64.8 Å². The van der Waals surface area contributed by atoms with E-state index < -0.39 is 0 Å². The van der Waals surface area contributed by atoms with Crippen LogP contribution >= 0.6 is 11.6 Å². The number of rotatable bonds is 12. The predicted molar refractivity (Wildman–Crippen MR) is 92.4 cm³/mol. The SMILES string of the molecule is CCCCCCCC(COc1cccc(Cl)c1)NCCC. The lowest BCUT2D eigenvalue weighted by Gasteiger charge is -2.19. The molecule has 0 fully saturated rings. The molecule has 0 aliphatic carbocycles. The molecule has 0 heterocycles. The van der Waals surface area contributed by atoms with Crippen molar-refractivity contribution in [2.75, 3.05) is 13.2 Å². The molecule has 1 atom stereocenters. The van der Waals surface area contributed by atoms with Crippen LogP contribution in [0.3, 0.4) is 0 Å². The average Bonchev–Trinajstić information content (AvgIpc) is 2.49. The first kappa shape index (κ1) is 18.3. The van der Waals surface area contributed by atoms with Gasteiger partial charge in [0.25, 0.3) is 0 Å². The van der Waals surface area contributed by atoms with Crippen LogP contribution < -0.4 is 10.1 Å². The van der Waals surface area contributed by atoms with E-state index in [1.165, 1.54) is 38.5 Å². The second kappa shape index (κ2) is 11.9. The molecular formula is C18H30ClNO. The topological polar surface area (TPSA) is 21.3 Å². The summed E-state index contributed by atoms with van der Waals surface area (Å²) < 4.78 is 5.88. The summed E-state index contributed by atoms with van der Waals surface area (Å²) in [4.78, 5) is 0. The van der Waals surface area contributed by atoms with Gasteiger partial charge in [0.15, 0.2) is 0 Å². The van der Waals surface area contributed by atoms with Crippen molar-refractivity contribution < 1.29 is 4.74 Å². The summed E-state index contributed by atoms with van der Waals surface area (Å²) >= 11 is 5.98. The van der Waals surface area contributed by atoms with Gasteiger partial charge in [-0.15, -0.1) is 0 Å². The molecule has 3 heteroatoms. The minimum absolute atomic E-state index is 0.436. The van der Waals surface area contributed by atoms with Gasteiger partial charge < -0.3 is 10.1 Å². The Labute approximate surface area is 135 Å². The molecule has 21 heavy (non-hydrogen) atoms. The van der Waals surface area contributed by atoms with Crippen LogP contribution in [0.15, 0.2) is 24.3 Å². The zero-order valence-corrected chi connectivity index (χ0v) is 14.3. The summed E-state index contributed by atoms with van der Waals surface area (Å²) in [6.45, 7) is 6.22. The van der Waals surface area contributed by atoms with Crippen molar-refractivity contribution in [1.82, 2.24) is 5.32 Å². The van der Waals surface area contributed by atoms with Gasteiger partial charge in [-0.1, -0.05) is 63.6 Å². The number of benzene rings is 1. The molecule has 0 saturated heterocycles. The predicted octanol–water partition coefficient (Wildman–Crippen LogP) is 5.45. The quantitative estimate of drug-likeness (QED) is 0.518. The van der Waals surface area contributed by atoms with Crippen molar-refractivity contribution in [2.24, 2.45) is 0 Å². The number of ether oxygens (including phenoxy) is 1. The fourth-order valence-electron chi connectivity index (χ4n) is 2.34. The maximum Gasteiger partial charge on any atom is 0.120 e. The lowest BCUT2D eigenvalue weighted by Crippen LogP contribution is -2.35.